The highest BCUT2D eigenvalue weighted by Gasteiger charge is 2.25. The van der Waals surface area contributed by atoms with Gasteiger partial charge in [-0.05, 0) is 57.2 Å². The quantitative estimate of drug-likeness (QED) is 0.832. The van der Waals surface area contributed by atoms with Crippen molar-refractivity contribution in [3.8, 4) is 0 Å². The standard InChI is InChI=1S/C17H24N2O2/c1-17(2,3)21-16(20)19-12-8-15(9-13-19)5-4-14-6-10-18-11-7-14/h4-7,10-11,15H,8-9,12-13H2,1-3H3/b5-4+. The Balaban J connectivity index is 1.81. The molecule has 2 heterocycles. The minimum atomic E-state index is -0.421. The highest BCUT2D eigenvalue weighted by atomic mass is 16.6. The normalized spacial score (nSPS) is 17.2. The van der Waals surface area contributed by atoms with Crippen LogP contribution in [0.4, 0.5) is 4.79 Å². The Morgan fingerprint density at radius 2 is 1.90 bits per heavy atom. The lowest BCUT2D eigenvalue weighted by Crippen LogP contribution is -2.41. The Bertz CT molecular complexity index is 483. The number of amides is 1. The first-order chi connectivity index (χ1) is 9.94. The summed E-state index contributed by atoms with van der Waals surface area (Å²) in [6, 6.07) is 3.98. The molecule has 0 saturated carbocycles. The SMILES string of the molecule is CC(C)(C)OC(=O)N1CCC(/C=C/c2ccncc2)CC1. The summed E-state index contributed by atoms with van der Waals surface area (Å²) >= 11 is 0. The van der Waals surface area contributed by atoms with Gasteiger partial charge in [0.2, 0.25) is 0 Å². The number of carbonyl (C=O) groups is 1. The summed E-state index contributed by atoms with van der Waals surface area (Å²) in [5.74, 6) is 0.525. The van der Waals surface area contributed by atoms with Crippen LogP contribution in [0.3, 0.4) is 0 Å². The van der Waals surface area contributed by atoms with E-state index in [9.17, 15) is 4.79 Å². The third kappa shape index (κ3) is 5.21. The maximum Gasteiger partial charge on any atom is 0.410 e. The molecule has 0 unspecified atom stereocenters. The number of hydrogen-bond acceptors (Lipinski definition) is 3. The fraction of sp³-hybridized carbons (Fsp3) is 0.529. The molecule has 0 atom stereocenters. The molecule has 0 radical (unpaired) electrons. The minimum absolute atomic E-state index is 0.195. The molecule has 0 aliphatic carbocycles. The molecule has 1 aliphatic rings. The van der Waals surface area contributed by atoms with Gasteiger partial charge in [-0.1, -0.05) is 12.2 Å². The molecule has 114 valence electrons. The number of ether oxygens (including phenoxy) is 1. The summed E-state index contributed by atoms with van der Waals surface area (Å²) in [4.78, 5) is 17.8. The van der Waals surface area contributed by atoms with Crippen LogP contribution in [0.25, 0.3) is 6.08 Å². The van der Waals surface area contributed by atoms with Crippen LogP contribution in [-0.4, -0.2) is 34.7 Å². The molecule has 1 fully saturated rings. The van der Waals surface area contributed by atoms with Gasteiger partial charge in [0.25, 0.3) is 0 Å². The Kier molecular flexibility index (Phi) is 4.99. The topological polar surface area (TPSA) is 42.4 Å². The summed E-state index contributed by atoms with van der Waals surface area (Å²) in [7, 11) is 0. The van der Waals surface area contributed by atoms with Crippen LogP contribution >= 0.6 is 0 Å². The van der Waals surface area contributed by atoms with Crippen molar-refractivity contribution in [3.05, 3.63) is 36.2 Å². The average molecular weight is 288 g/mol. The maximum absolute atomic E-state index is 12.0. The number of pyridine rings is 1. The lowest BCUT2D eigenvalue weighted by molar-refractivity contribution is 0.0197. The average Bonchev–Trinajstić information content (AvgIpc) is 2.45. The molecule has 0 aromatic carbocycles. The molecule has 1 aromatic rings. The monoisotopic (exact) mass is 288 g/mol. The Labute approximate surface area is 126 Å². The Morgan fingerprint density at radius 1 is 1.29 bits per heavy atom. The number of nitrogens with zero attached hydrogens (tertiary/aromatic N) is 2. The first-order valence-electron chi connectivity index (χ1n) is 7.50. The molecular formula is C17H24N2O2. The van der Waals surface area contributed by atoms with E-state index >= 15 is 0 Å². The second-order valence-corrected chi connectivity index (χ2v) is 6.44. The van der Waals surface area contributed by atoms with E-state index in [1.54, 1.807) is 12.4 Å². The smallest absolute Gasteiger partial charge is 0.410 e. The van der Waals surface area contributed by atoms with E-state index in [0.717, 1.165) is 25.9 Å². The summed E-state index contributed by atoms with van der Waals surface area (Å²) < 4.78 is 5.40. The maximum atomic E-state index is 12.0. The number of allylic oxidation sites excluding steroid dienone is 1. The molecule has 0 bridgehead atoms. The number of carbonyl (C=O) groups excluding carboxylic acids is 1. The molecular weight excluding hydrogens is 264 g/mol. The predicted molar refractivity (Wildman–Crippen MR) is 83.8 cm³/mol. The van der Waals surface area contributed by atoms with Crippen molar-refractivity contribution in [2.24, 2.45) is 5.92 Å². The van der Waals surface area contributed by atoms with Gasteiger partial charge in [0, 0.05) is 25.5 Å². The zero-order chi connectivity index (χ0) is 15.3. The third-order valence-corrected chi connectivity index (χ3v) is 3.46. The van der Waals surface area contributed by atoms with Gasteiger partial charge >= 0.3 is 6.09 Å². The molecule has 1 saturated heterocycles. The van der Waals surface area contributed by atoms with Gasteiger partial charge in [-0.15, -0.1) is 0 Å². The van der Waals surface area contributed by atoms with Crippen molar-refractivity contribution < 1.29 is 9.53 Å². The predicted octanol–water partition coefficient (Wildman–Crippen LogP) is 3.74. The molecule has 4 nitrogen and oxygen atoms in total. The first kappa shape index (κ1) is 15.5. The molecule has 2 rings (SSSR count). The molecule has 0 N–H and O–H groups in total. The van der Waals surface area contributed by atoms with Gasteiger partial charge in [0.15, 0.2) is 0 Å². The van der Waals surface area contributed by atoms with Gasteiger partial charge in [0.05, 0.1) is 0 Å². The number of likely N-dealkylation sites (tertiary alicyclic amines) is 1. The van der Waals surface area contributed by atoms with Crippen LogP contribution < -0.4 is 0 Å². The van der Waals surface area contributed by atoms with E-state index in [0.29, 0.717) is 5.92 Å². The second kappa shape index (κ2) is 6.74. The van der Waals surface area contributed by atoms with Gasteiger partial charge in [-0.2, -0.15) is 0 Å². The van der Waals surface area contributed by atoms with E-state index in [1.165, 1.54) is 5.56 Å². The molecule has 1 amide bonds. The fourth-order valence-corrected chi connectivity index (χ4v) is 2.32. The summed E-state index contributed by atoms with van der Waals surface area (Å²) in [6.45, 7) is 7.22. The molecule has 1 aliphatic heterocycles. The minimum Gasteiger partial charge on any atom is -0.444 e. The number of piperidine rings is 1. The van der Waals surface area contributed by atoms with Crippen LogP contribution in [0.5, 0.6) is 0 Å². The van der Waals surface area contributed by atoms with E-state index in [1.807, 2.05) is 37.8 Å². The van der Waals surface area contributed by atoms with Crippen molar-refractivity contribution in [2.75, 3.05) is 13.1 Å². The summed E-state index contributed by atoms with van der Waals surface area (Å²) in [5.41, 5.74) is 0.745. The van der Waals surface area contributed by atoms with Crippen molar-refractivity contribution in [1.29, 1.82) is 0 Å². The van der Waals surface area contributed by atoms with Crippen LogP contribution in [0, 0.1) is 5.92 Å². The number of aromatic nitrogens is 1. The third-order valence-electron chi connectivity index (χ3n) is 3.46. The zero-order valence-electron chi connectivity index (χ0n) is 13.1. The summed E-state index contributed by atoms with van der Waals surface area (Å²) in [6.07, 6.45) is 9.74. The molecule has 21 heavy (non-hydrogen) atoms. The zero-order valence-corrected chi connectivity index (χ0v) is 13.1. The first-order valence-corrected chi connectivity index (χ1v) is 7.50. The highest BCUT2D eigenvalue weighted by Crippen LogP contribution is 2.21. The Hall–Kier alpha value is -1.84. The molecule has 0 spiro atoms. The number of hydrogen-bond donors (Lipinski definition) is 0. The molecule has 4 heteroatoms. The van der Waals surface area contributed by atoms with E-state index in [4.69, 9.17) is 4.74 Å². The van der Waals surface area contributed by atoms with Crippen molar-refractivity contribution in [2.45, 2.75) is 39.2 Å². The Morgan fingerprint density at radius 3 is 2.48 bits per heavy atom. The molecule has 1 aromatic heterocycles. The van der Waals surface area contributed by atoms with E-state index in [2.05, 4.69) is 17.1 Å². The fourth-order valence-electron chi connectivity index (χ4n) is 2.32. The largest absolute Gasteiger partial charge is 0.444 e. The lowest BCUT2D eigenvalue weighted by atomic mass is 9.96. The van der Waals surface area contributed by atoms with Gasteiger partial charge in [-0.3, -0.25) is 4.98 Å². The van der Waals surface area contributed by atoms with Crippen molar-refractivity contribution >= 4 is 12.2 Å². The lowest BCUT2D eigenvalue weighted by Gasteiger charge is -2.32. The highest BCUT2D eigenvalue weighted by molar-refractivity contribution is 5.68. The van der Waals surface area contributed by atoms with E-state index < -0.39 is 5.60 Å². The summed E-state index contributed by atoms with van der Waals surface area (Å²) in [5, 5.41) is 0. The van der Waals surface area contributed by atoms with Crippen molar-refractivity contribution in [3.63, 3.8) is 0 Å². The van der Waals surface area contributed by atoms with Gasteiger partial charge < -0.3 is 9.64 Å². The van der Waals surface area contributed by atoms with Crippen LogP contribution in [-0.2, 0) is 4.74 Å². The van der Waals surface area contributed by atoms with Crippen molar-refractivity contribution in [1.82, 2.24) is 9.88 Å². The van der Waals surface area contributed by atoms with Crippen LogP contribution in [0.15, 0.2) is 30.6 Å². The van der Waals surface area contributed by atoms with Crippen LogP contribution in [0.2, 0.25) is 0 Å². The van der Waals surface area contributed by atoms with E-state index in [-0.39, 0.29) is 6.09 Å². The van der Waals surface area contributed by atoms with Crippen LogP contribution in [0.1, 0.15) is 39.2 Å². The number of rotatable bonds is 2. The van der Waals surface area contributed by atoms with Gasteiger partial charge in [-0.25, -0.2) is 4.79 Å². The van der Waals surface area contributed by atoms with Gasteiger partial charge in [0.1, 0.15) is 5.60 Å². The second-order valence-electron chi connectivity index (χ2n) is 6.44.